The van der Waals surface area contributed by atoms with Crippen LogP contribution < -0.4 is 10.0 Å². The Balaban J connectivity index is 1.63. The summed E-state index contributed by atoms with van der Waals surface area (Å²) in [5.74, 6) is -0.397. The van der Waals surface area contributed by atoms with Crippen LogP contribution in [0.1, 0.15) is 16.8 Å². The number of aryl methyl sites for hydroxylation is 1. The summed E-state index contributed by atoms with van der Waals surface area (Å²) in [4.78, 5) is 22.2. The molecule has 2 N–H and O–H groups in total. The molecule has 0 spiro atoms. The number of sulfonamides is 1. The van der Waals surface area contributed by atoms with Gasteiger partial charge in [0.25, 0.3) is 15.7 Å². The van der Waals surface area contributed by atoms with Crippen LogP contribution in [0, 0.1) is 24.0 Å². The Morgan fingerprint density at radius 3 is 2.29 bits per heavy atom. The van der Waals surface area contributed by atoms with Gasteiger partial charge in [0.2, 0.25) is 11.8 Å². The zero-order chi connectivity index (χ0) is 22.6. The number of amides is 1. The van der Waals surface area contributed by atoms with E-state index in [9.17, 15) is 23.3 Å². The molecule has 1 amide bonds. The van der Waals surface area contributed by atoms with Gasteiger partial charge in [-0.2, -0.15) is 0 Å². The molecule has 160 valence electrons. The molecule has 2 aromatic carbocycles. The van der Waals surface area contributed by atoms with E-state index in [1.165, 1.54) is 60.7 Å². The Morgan fingerprint density at radius 1 is 1.10 bits per heavy atom. The minimum atomic E-state index is -3.88. The van der Waals surface area contributed by atoms with E-state index in [1.807, 2.05) is 0 Å². The molecule has 0 fully saturated rings. The molecular weight excluding hydrogens is 424 g/mol. The van der Waals surface area contributed by atoms with E-state index in [-0.39, 0.29) is 16.5 Å². The molecule has 0 aliphatic heterocycles. The first-order valence-corrected chi connectivity index (χ1v) is 10.4. The van der Waals surface area contributed by atoms with Crippen molar-refractivity contribution in [3.8, 4) is 0 Å². The summed E-state index contributed by atoms with van der Waals surface area (Å²) in [5.41, 5.74) is 2.14. The van der Waals surface area contributed by atoms with E-state index in [0.29, 0.717) is 22.5 Å². The first kappa shape index (κ1) is 21.7. The monoisotopic (exact) mass is 442 g/mol. The zero-order valence-electron chi connectivity index (χ0n) is 16.5. The maximum atomic E-state index is 12.5. The third kappa shape index (κ3) is 5.34. The van der Waals surface area contributed by atoms with Crippen LogP contribution in [0.2, 0.25) is 0 Å². The smallest absolute Gasteiger partial charge is 0.269 e. The average Bonchev–Trinajstić information content (AvgIpc) is 3.04. The van der Waals surface area contributed by atoms with Gasteiger partial charge in [0.15, 0.2) is 0 Å². The number of nitro groups is 1. The highest BCUT2D eigenvalue weighted by Crippen LogP contribution is 2.22. The molecule has 3 aromatic rings. The second kappa shape index (κ2) is 8.79. The Bertz CT molecular complexity index is 1250. The number of anilines is 2. The molecule has 0 saturated carbocycles. The third-order valence-corrected chi connectivity index (χ3v) is 5.69. The number of non-ortho nitro benzene ring substituents is 1. The van der Waals surface area contributed by atoms with Gasteiger partial charge in [0.1, 0.15) is 0 Å². The number of nitrogens with zero attached hydrogens (tertiary/aromatic N) is 2. The second-order valence-electron chi connectivity index (χ2n) is 6.52. The van der Waals surface area contributed by atoms with Gasteiger partial charge in [-0.15, -0.1) is 0 Å². The van der Waals surface area contributed by atoms with E-state index < -0.39 is 20.9 Å². The highest BCUT2D eigenvalue weighted by Gasteiger charge is 2.19. The lowest BCUT2D eigenvalue weighted by Crippen LogP contribution is -2.13. The van der Waals surface area contributed by atoms with Crippen molar-refractivity contribution in [3.05, 3.63) is 81.5 Å². The summed E-state index contributed by atoms with van der Waals surface area (Å²) in [6.45, 7) is 3.39. The van der Waals surface area contributed by atoms with E-state index in [2.05, 4.69) is 15.2 Å². The fraction of sp³-hybridized carbons (Fsp3) is 0.100. The number of nitrogens with one attached hydrogen (secondary N) is 2. The van der Waals surface area contributed by atoms with Gasteiger partial charge >= 0.3 is 0 Å². The first-order valence-electron chi connectivity index (χ1n) is 8.95. The van der Waals surface area contributed by atoms with Crippen molar-refractivity contribution in [3.63, 3.8) is 0 Å². The fourth-order valence-electron chi connectivity index (χ4n) is 2.47. The summed E-state index contributed by atoms with van der Waals surface area (Å²) < 4.78 is 32.3. The minimum Gasteiger partial charge on any atom is -0.337 e. The summed E-state index contributed by atoms with van der Waals surface area (Å²) >= 11 is 0. The van der Waals surface area contributed by atoms with Gasteiger partial charge in [-0.05, 0) is 61.9 Å². The number of carbonyl (C=O) groups is 1. The van der Waals surface area contributed by atoms with Crippen molar-refractivity contribution in [1.29, 1.82) is 0 Å². The number of nitro benzene ring substituents is 1. The van der Waals surface area contributed by atoms with Crippen molar-refractivity contribution in [1.82, 2.24) is 5.16 Å². The van der Waals surface area contributed by atoms with Gasteiger partial charge in [-0.25, -0.2) is 13.1 Å². The molecule has 0 atom stereocenters. The summed E-state index contributed by atoms with van der Waals surface area (Å²) in [6.07, 6.45) is 2.77. The molecule has 1 heterocycles. The zero-order valence-corrected chi connectivity index (χ0v) is 17.3. The molecule has 3 rings (SSSR count). The van der Waals surface area contributed by atoms with Crippen molar-refractivity contribution in [2.45, 2.75) is 18.7 Å². The first-order chi connectivity index (χ1) is 14.7. The van der Waals surface area contributed by atoms with Crippen LogP contribution in [-0.4, -0.2) is 24.4 Å². The maximum absolute atomic E-state index is 12.5. The predicted molar refractivity (Wildman–Crippen MR) is 114 cm³/mol. The Morgan fingerprint density at radius 2 is 1.74 bits per heavy atom. The number of hydrogen-bond acceptors (Lipinski definition) is 7. The second-order valence-corrected chi connectivity index (χ2v) is 8.21. The summed E-state index contributed by atoms with van der Waals surface area (Å²) in [6, 6.07) is 11.3. The van der Waals surface area contributed by atoms with Crippen LogP contribution in [0.5, 0.6) is 0 Å². The van der Waals surface area contributed by atoms with E-state index in [0.717, 1.165) is 0 Å². The molecule has 31 heavy (non-hydrogen) atoms. The normalized spacial score (nSPS) is 11.4. The Kier molecular flexibility index (Phi) is 6.16. The summed E-state index contributed by atoms with van der Waals surface area (Å²) in [5, 5.41) is 17.0. The molecule has 10 nitrogen and oxygen atoms in total. The number of carbonyl (C=O) groups excluding carboxylic acids is 1. The van der Waals surface area contributed by atoms with Crippen LogP contribution in [0.3, 0.4) is 0 Å². The van der Waals surface area contributed by atoms with Crippen LogP contribution in [0.15, 0.2) is 64.0 Å². The lowest BCUT2D eigenvalue weighted by atomic mass is 10.2. The van der Waals surface area contributed by atoms with Crippen LogP contribution >= 0.6 is 0 Å². The quantitative estimate of drug-likeness (QED) is 0.323. The molecule has 1 aromatic heterocycles. The number of rotatable bonds is 7. The average molecular weight is 442 g/mol. The molecule has 0 bridgehead atoms. The van der Waals surface area contributed by atoms with Gasteiger partial charge in [-0.1, -0.05) is 5.16 Å². The highest BCUT2D eigenvalue weighted by molar-refractivity contribution is 7.92. The third-order valence-electron chi connectivity index (χ3n) is 4.35. The van der Waals surface area contributed by atoms with Crippen LogP contribution in [-0.2, 0) is 14.8 Å². The van der Waals surface area contributed by atoms with Gasteiger partial charge in [-0.3, -0.25) is 14.9 Å². The van der Waals surface area contributed by atoms with Gasteiger partial charge in [0, 0.05) is 29.5 Å². The highest BCUT2D eigenvalue weighted by atomic mass is 32.2. The Hall–Kier alpha value is -3.99. The molecule has 0 unspecified atom stereocenters. The van der Waals surface area contributed by atoms with Gasteiger partial charge in [0.05, 0.1) is 15.5 Å². The minimum absolute atomic E-state index is 0.0135. The largest absolute Gasteiger partial charge is 0.337 e. The fourth-order valence-corrected chi connectivity index (χ4v) is 3.52. The SMILES string of the molecule is Cc1noc(NS(=O)(=O)c2ccc(NC(=O)/C=C/c3ccc([N+](=O)[O-])cc3)cc2)c1C. The lowest BCUT2D eigenvalue weighted by Gasteiger charge is -2.07. The van der Waals surface area contributed by atoms with E-state index in [1.54, 1.807) is 13.8 Å². The van der Waals surface area contributed by atoms with E-state index >= 15 is 0 Å². The van der Waals surface area contributed by atoms with E-state index in [4.69, 9.17) is 4.52 Å². The predicted octanol–water partition coefficient (Wildman–Crippen LogP) is 3.65. The van der Waals surface area contributed by atoms with Crippen LogP contribution in [0.4, 0.5) is 17.3 Å². The topological polar surface area (TPSA) is 144 Å². The number of aromatic nitrogens is 1. The molecule has 0 saturated heterocycles. The lowest BCUT2D eigenvalue weighted by molar-refractivity contribution is -0.384. The van der Waals surface area contributed by atoms with Crippen molar-refractivity contribution >= 4 is 39.3 Å². The maximum Gasteiger partial charge on any atom is 0.269 e. The van der Waals surface area contributed by atoms with Crippen molar-refractivity contribution in [2.75, 3.05) is 10.0 Å². The molecule has 0 aliphatic carbocycles. The molecular formula is C20H18N4O6S. The standard InChI is InChI=1S/C20H18N4O6S/c1-13-14(2)22-30-20(13)23-31(28,29)18-10-6-16(7-11-18)21-19(25)12-5-15-3-8-17(9-4-15)24(26)27/h3-12,23H,1-2H3,(H,21,25)/b12-5+. The Labute approximate surface area is 177 Å². The number of hydrogen-bond donors (Lipinski definition) is 2. The number of benzene rings is 2. The van der Waals surface area contributed by atoms with Crippen LogP contribution in [0.25, 0.3) is 6.08 Å². The van der Waals surface area contributed by atoms with Crippen molar-refractivity contribution < 1.29 is 22.7 Å². The van der Waals surface area contributed by atoms with Gasteiger partial charge < -0.3 is 9.84 Å². The summed E-state index contributed by atoms with van der Waals surface area (Å²) in [7, 11) is -3.88. The molecule has 11 heteroatoms. The molecule has 0 aliphatic rings. The van der Waals surface area contributed by atoms with Crippen molar-refractivity contribution in [2.24, 2.45) is 0 Å². The molecule has 0 radical (unpaired) electrons.